The molecule has 6 atom stereocenters. The van der Waals surface area contributed by atoms with Crippen LogP contribution in [0.15, 0.2) is 60.0 Å². The lowest BCUT2D eigenvalue weighted by Crippen LogP contribution is -2.51. The number of carbonyl (C=O) groups is 4. The van der Waals surface area contributed by atoms with Crippen LogP contribution in [-0.4, -0.2) is 106 Å². The highest BCUT2D eigenvalue weighted by Gasteiger charge is 2.46. The minimum Gasteiger partial charge on any atom is -0.469 e. The maximum Gasteiger partial charge on any atom is 0.407 e. The molecule has 7 heterocycles. The average Bonchev–Trinajstić information content (AvgIpc) is 4.17. The molecule has 0 saturated carbocycles. The molecule has 3 amide bonds. The van der Waals surface area contributed by atoms with Crippen LogP contribution in [0.1, 0.15) is 120 Å². The number of carbonyl (C=O) groups excluding carboxylic acids is 4. The van der Waals surface area contributed by atoms with E-state index >= 15 is 0 Å². The largest absolute Gasteiger partial charge is 0.469 e. The number of nitrogens with zero attached hydrogens (tertiary/aromatic N) is 6. The summed E-state index contributed by atoms with van der Waals surface area (Å²) in [6.45, 7) is 9.08. The molecule has 3 saturated heterocycles. The number of hydrogen-bond donors (Lipinski definition) is 2. The first kappa shape index (κ1) is 43.4. The van der Waals surface area contributed by atoms with Crippen LogP contribution in [0.25, 0.3) is 38.9 Å². The quantitative estimate of drug-likeness (QED) is 0.134. The summed E-state index contributed by atoms with van der Waals surface area (Å²) >= 11 is 0. The van der Waals surface area contributed by atoms with Crippen molar-refractivity contribution in [2.24, 2.45) is 22.7 Å². The highest BCUT2D eigenvalue weighted by Crippen LogP contribution is 2.56. The zero-order valence-electron chi connectivity index (χ0n) is 38.0. The average molecular weight is 869 g/mol. The van der Waals surface area contributed by atoms with E-state index in [4.69, 9.17) is 24.4 Å². The maximum absolute atomic E-state index is 13.9. The van der Waals surface area contributed by atoms with E-state index in [0.29, 0.717) is 25.6 Å². The number of fused-ring (bicyclic) bond motifs is 6. The molecular weight excluding hydrogens is 809 g/mol. The van der Waals surface area contributed by atoms with Gasteiger partial charge in [0, 0.05) is 72.0 Å². The molecule has 14 heteroatoms. The van der Waals surface area contributed by atoms with E-state index in [1.165, 1.54) is 25.3 Å². The molecule has 2 unspecified atom stereocenters. The number of likely N-dealkylation sites (tertiary alicyclic amines) is 2. The Hall–Kier alpha value is -5.89. The van der Waals surface area contributed by atoms with Crippen molar-refractivity contribution in [3.05, 3.63) is 77.5 Å². The molecule has 9 rings (SSSR count). The number of methoxy groups -OCH3 is 2. The molecule has 2 aromatic carbocycles. The van der Waals surface area contributed by atoms with Crippen molar-refractivity contribution >= 4 is 45.9 Å². The number of alkyl carbamates (subject to hydrolysis) is 1. The molecule has 3 fully saturated rings. The van der Waals surface area contributed by atoms with Crippen molar-refractivity contribution in [2.75, 3.05) is 34.4 Å². The van der Waals surface area contributed by atoms with Crippen molar-refractivity contribution < 1.29 is 28.7 Å². The summed E-state index contributed by atoms with van der Waals surface area (Å²) < 4.78 is 9.74. The summed E-state index contributed by atoms with van der Waals surface area (Å²) in [5, 5.41) is 4.93. The smallest absolute Gasteiger partial charge is 0.407 e. The number of aliphatic imine (C=N–C) groups is 1. The lowest BCUT2D eigenvalue weighted by molar-refractivity contribution is -0.148. The molecule has 14 nitrogen and oxygen atoms in total. The van der Waals surface area contributed by atoms with E-state index in [2.05, 4.69) is 64.8 Å². The molecule has 4 aromatic rings. The number of allylic oxidation sites excluding steroid dienone is 1. The fraction of sp³-hybridized carbons (Fsp3) is 0.500. The van der Waals surface area contributed by atoms with Crippen molar-refractivity contribution in [1.82, 2.24) is 35.0 Å². The Morgan fingerprint density at radius 2 is 1.45 bits per heavy atom. The molecule has 5 aliphatic rings. The van der Waals surface area contributed by atoms with Gasteiger partial charge in [0.1, 0.15) is 11.9 Å². The monoisotopic (exact) mass is 868 g/mol. The highest BCUT2D eigenvalue weighted by atomic mass is 16.5. The van der Waals surface area contributed by atoms with Crippen LogP contribution in [0.2, 0.25) is 0 Å². The number of rotatable bonds is 12. The maximum atomic E-state index is 13.9. The fourth-order valence-corrected chi connectivity index (χ4v) is 11.0. The van der Waals surface area contributed by atoms with Gasteiger partial charge in [0.2, 0.25) is 11.8 Å². The number of pyridine rings is 1. The van der Waals surface area contributed by atoms with Crippen molar-refractivity contribution in [2.45, 2.75) is 109 Å². The van der Waals surface area contributed by atoms with E-state index in [1.54, 1.807) is 0 Å². The number of nitrogens with one attached hydrogen (secondary N) is 2. The van der Waals surface area contributed by atoms with Crippen molar-refractivity contribution in [3.63, 3.8) is 0 Å². The third kappa shape index (κ3) is 7.77. The standard InChI is InChI=1S/C50H60N8O6/c1-27(2)34(23-42(59)63-6)48(60)57-18-8-10-38(57)36-22-33(24-51-36)35-25-52-46(44-40-17-16-39(43(35)44)56(40)5)32-15-13-29-20-31(14-12-30(29)21-32)37-26-53-47(54-37)41-11-9-19-58(41)49(61)45(28(3)4)55-50(62)64-7/h12-15,20-21,24-28,34,38-41,45H,8-11,16-19,22-23H2,1-7H3,(H,53,54)(H,55,62)/t34-,38-,39?,40?,41-,45-/m0/s1. The first-order chi connectivity index (χ1) is 30.9. The molecular formula is C50H60N8O6. The van der Waals surface area contributed by atoms with E-state index < -0.39 is 18.1 Å². The van der Waals surface area contributed by atoms with Crippen LogP contribution in [-0.2, 0) is 23.9 Å². The molecule has 5 aliphatic heterocycles. The molecule has 0 spiro atoms. The molecule has 2 N–H and O–H groups in total. The van der Waals surface area contributed by atoms with Gasteiger partial charge >= 0.3 is 12.1 Å². The highest BCUT2D eigenvalue weighted by molar-refractivity contribution is 6.04. The van der Waals surface area contributed by atoms with Gasteiger partial charge in [0.15, 0.2) is 0 Å². The van der Waals surface area contributed by atoms with Gasteiger partial charge in [0.05, 0.1) is 56.2 Å². The van der Waals surface area contributed by atoms with E-state index in [9.17, 15) is 19.2 Å². The molecule has 336 valence electrons. The molecule has 0 radical (unpaired) electrons. The summed E-state index contributed by atoms with van der Waals surface area (Å²) in [6, 6.07) is 12.6. The molecule has 64 heavy (non-hydrogen) atoms. The summed E-state index contributed by atoms with van der Waals surface area (Å²) in [5.41, 5.74) is 9.98. The van der Waals surface area contributed by atoms with Crippen LogP contribution in [0.3, 0.4) is 0 Å². The zero-order valence-corrected chi connectivity index (χ0v) is 38.0. The van der Waals surface area contributed by atoms with Gasteiger partial charge in [-0.2, -0.15) is 0 Å². The normalized spacial score (nSPS) is 22.6. The number of imidazole rings is 1. The first-order valence-corrected chi connectivity index (χ1v) is 23.0. The van der Waals surface area contributed by atoms with Gasteiger partial charge in [-0.3, -0.25) is 29.3 Å². The number of ether oxygens (including phenoxy) is 2. The molecule has 2 aromatic heterocycles. The number of amides is 3. The third-order valence-corrected chi connectivity index (χ3v) is 14.5. The van der Waals surface area contributed by atoms with Gasteiger partial charge in [0.25, 0.3) is 0 Å². The van der Waals surface area contributed by atoms with Gasteiger partial charge in [-0.1, -0.05) is 52.0 Å². The zero-order chi connectivity index (χ0) is 45.0. The number of aromatic amines is 1. The minimum atomic E-state index is -0.691. The second kappa shape index (κ2) is 17.6. The van der Waals surface area contributed by atoms with Gasteiger partial charge < -0.3 is 29.6 Å². The summed E-state index contributed by atoms with van der Waals surface area (Å²) in [6.07, 6.45) is 11.6. The van der Waals surface area contributed by atoms with Gasteiger partial charge in [-0.05, 0) is 91.5 Å². The van der Waals surface area contributed by atoms with Crippen molar-refractivity contribution in [3.8, 4) is 22.5 Å². The molecule has 2 bridgehead atoms. The lowest BCUT2D eigenvalue weighted by atomic mass is 9.83. The number of esters is 1. The van der Waals surface area contributed by atoms with Crippen LogP contribution in [0, 0.1) is 17.8 Å². The van der Waals surface area contributed by atoms with Gasteiger partial charge in [-0.25, -0.2) is 9.78 Å². The Labute approximate surface area is 374 Å². The summed E-state index contributed by atoms with van der Waals surface area (Å²) in [7, 11) is 4.91. The minimum absolute atomic E-state index is 0.0146. The Balaban J connectivity index is 0.938. The lowest BCUT2D eigenvalue weighted by Gasteiger charge is -2.30. The van der Waals surface area contributed by atoms with Crippen LogP contribution >= 0.6 is 0 Å². The predicted octanol–water partition coefficient (Wildman–Crippen LogP) is 8.17. The Morgan fingerprint density at radius 3 is 2.14 bits per heavy atom. The number of hydrogen-bond acceptors (Lipinski definition) is 10. The van der Waals surface area contributed by atoms with Crippen LogP contribution in [0.4, 0.5) is 4.79 Å². The predicted molar refractivity (Wildman–Crippen MR) is 245 cm³/mol. The Kier molecular flexibility index (Phi) is 11.9. The molecule has 0 aliphatic carbocycles. The second-order valence-corrected chi connectivity index (χ2v) is 18.9. The topological polar surface area (TPSA) is 162 Å². The van der Waals surface area contributed by atoms with E-state index in [-0.39, 0.29) is 54.2 Å². The van der Waals surface area contributed by atoms with E-state index in [1.807, 2.05) is 49.9 Å². The Bertz CT molecular complexity index is 2560. The Morgan fingerprint density at radius 1 is 0.781 bits per heavy atom. The van der Waals surface area contributed by atoms with Crippen LogP contribution in [0.5, 0.6) is 0 Å². The number of benzene rings is 2. The summed E-state index contributed by atoms with van der Waals surface area (Å²) in [5.74, 6) is -0.258. The van der Waals surface area contributed by atoms with Crippen molar-refractivity contribution in [1.29, 1.82) is 0 Å². The third-order valence-electron chi connectivity index (χ3n) is 14.5. The second-order valence-electron chi connectivity index (χ2n) is 18.9. The first-order valence-electron chi connectivity index (χ1n) is 23.0. The fourth-order valence-electron chi connectivity index (χ4n) is 11.0. The number of H-pyrrole nitrogens is 1. The SMILES string of the molecule is COC(=O)C[C@H](C(=O)N1CCC[C@H]1C1=NC=C(c2cnc(-c3ccc4cc(-c5cnc([C@@H]6CCCN6C(=O)[C@@H](NC(=O)OC)C(C)C)[nH]5)ccc4c3)c3c2C2CCC3N2C)C1)C(C)C. The summed E-state index contributed by atoms with van der Waals surface area (Å²) in [4.78, 5) is 76.7. The number of aromatic nitrogens is 3. The van der Waals surface area contributed by atoms with Gasteiger partial charge in [-0.15, -0.1) is 0 Å². The van der Waals surface area contributed by atoms with E-state index in [0.717, 1.165) is 94.5 Å². The van der Waals surface area contributed by atoms with Crippen LogP contribution < -0.4 is 5.32 Å².